The van der Waals surface area contributed by atoms with Gasteiger partial charge >= 0.3 is 0 Å². The lowest BCUT2D eigenvalue weighted by Crippen LogP contribution is -2.32. The normalized spacial score (nSPS) is 16.1. The summed E-state index contributed by atoms with van der Waals surface area (Å²) in [7, 11) is 2.11. The Morgan fingerprint density at radius 2 is 2.00 bits per heavy atom. The molecule has 1 atom stereocenters. The molecule has 0 saturated heterocycles. The molecule has 32 heavy (non-hydrogen) atoms. The second-order valence-corrected chi connectivity index (χ2v) is 8.13. The first-order chi connectivity index (χ1) is 15.5. The summed E-state index contributed by atoms with van der Waals surface area (Å²) in [6.07, 6.45) is 4.37. The van der Waals surface area contributed by atoms with E-state index in [1.165, 1.54) is 5.56 Å². The maximum Gasteiger partial charge on any atom is 0.250 e. The second kappa shape index (κ2) is 8.05. The number of hydrogen-bond donors (Lipinski definition) is 2. The molecule has 1 aromatic carbocycles. The minimum Gasteiger partial charge on any atom is -0.366 e. The number of hydrogen-bond acceptors (Lipinski definition) is 6. The number of imidazole rings is 1. The fourth-order valence-electron chi connectivity index (χ4n) is 4.21. The van der Waals surface area contributed by atoms with Gasteiger partial charge < -0.3 is 11.1 Å². The van der Waals surface area contributed by atoms with Crippen LogP contribution in [0.25, 0.3) is 17.2 Å². The predicted octanol–water partition coefficient (Wildman–Crippen LogP) is 3.05. The molecule has 1 unspecified atom stereocenters. The summed E-state index contributed by atoms with van der Waals surface area (Å²) in [4.78, 5) is 28.5. The molecular formula is C24H25N7O. The summed E-state index contributed by atoms with van der Waals surface area (Å²) in [5, 5.41) is 3.52. The Kier molecular flexibility index (Phi) is 5.07. The van der Waals surface area contributed by atoms with Crippen LogP contribution >= 0.6 is 0 Å². The van der Waals surface area contributed by atoms with Crippen molar-refractivity contribution < 1.29 is 4.79 Å². The van der Waals surface area contributed by atoms with E-state index >= 15 is 0 Å². The van der Waals surface area contributed by atoms with Gasteiger partial charge in [-0.3, -0.25) is 14.1 Å². The molecular weight excluding hydrogens is 402 g/mol. The van der Waals surface area contributed by atoms with Gasteiger partial charge in [0.2, 0.25) is 0 Å². The highest BCUT2D eigenvalue weighted by molar-refractivity contribution is 5.99. The van der Waals surface area contributed by atoms with Crippen LogP contribution in [0.3, 0.4) is 0 Å². The van der Waals surface area contributed by atoms with Crippen LogP contribution in [0.2, 0.25) is 0 Å². The van der Waals surface area contributed by atoms with Crippen molar-refractivity contribution >= 4 is 17.2 Å². The molecule has 0 fully saturated rings. The van der Waals surface area contributed by atoms with Crippen LogP contribution < -0.4 is 11.1 Å². The number of nitrogens with zero attached hydrogens (tertiary/aromatic N) is 5. The predicted molar refractivity (Wildman–Crippen MR) is 123 cm³/mol. The van der Waals surface area contributed by atoms with Gasteiger partial charge in [-0.25, -0.2) is 15.0 Å². The van der Waals surface area contributed by atoms with Gasteiger partial charge in [0, 0.05) is 30.9 Å². The van der Waals surface area contributed by atoms with Crippen LogP contribution in [0.4, 0.5) is 5.82 Å². The van der Waals surface area contributed by atoms with Crippen LogP contribution in [0.5, 0.6) is 0 Å². The maximum absolute atomic E-state index is 11.8. The number of aromatic nitrogens is 4. The van der Waals surface area contributed by atoms with E-state index in [9.17, 15) is 4.79 Å². The van der Waals surface area contributed by atoms with Crippen LogP contribution in [-0.2, 0) is 13.0 Å². The third-order valence-electron chi connectivity index (χ3n) is 6.15. The minimum atomic E-state index is -0.492. The quantitative estimate of drug-likeness (QED) is 0.508. The molecule has 0 radical (unpaired) electrons. The number of nitrogens with one attached hydrogen (secondary N) is 1. The van der Waals surface area contributed by atoms with Crippen LogP contribution in [0.15, 0.2) is 54.9 Å². The van der Waals surface area contributed by atoms with Gasteiger partial charge in [0.25, 0.3) is 5.91 Å². The number of primary amides is 1. The molecule has 8 heteroatoms. The Morgan fingerprint density at radius 1 is 1.19 bits per heavy atom. The lowest BCUT2D eigenvalue weighted by Gasteiger charge is -2.32. The number of likely N-dealkylation sites (N-methyl/N-ethyl adjacent to an activating group) is 1. The monoisotopic (exact) mass is 427 g/mol. The van der Waals surface area contributed by atoms with Gasteiger partial charge in [0.1, 0.15) is 5.82 Å². The van der Waals surface area contributed by atoms with Gasteiger partial charge in [-0.05, 0) is 38.1 Å². The van der Waals surface area contributed by atoms with Crippen LogP contribution in [0.1, 0.15) is 40.1 Å². The number of nitrogens with two attached hydrogens (primary N) is 1. The third kappa shape index (κ3) is 3.48. The number of amides is 1. The van der Waals surface area contributed by atoms with Gasteiger partial charge in [-0.15, -0.1) is 0 Å². The number of benzene rings is 1. The average Bonchev–Trinajstić information content (AvgIpc) is 3.25. The summed E-state index contributed by atoms with van der Waals surface area (Å²) in [6, 6.07) is 13.9. The number of pyridine rings is 1. The van der Waals surface area contributed by atoms with Gasteiger partial charge in [-0.2, -0.15) is 0 Å². The average molecular weight is 428 g/mol. The van der Waals surface area contributed by atoms with Crippen molar-refractivity contribution in [3.05, 3.63) is 77.2 Å². The molecule has 1 amide bonds. The first-order valence-electron chi connectivity index (χ1n) is 10.7. The first kappa shape index (κ1) is 20.1. The molecule has 4 aromatic rings. The highest BCUT2D eigenvalue weighted by Crippen LogP contribution is 2.33. The first-order valence-corrected chi connectivity index (χ1v) is 10.7. The van der Waals surface area contributed by atoms with Gasteiger partial charge in [0.05, 0.1) is 23.0 Å². The van der Waals surface area contributed by atoms with E-state index in [1.54, 1.807) is 18.3 Å². The minimum absolute atomic E-state index is 0.158. The zero-order chi connectivity index (χ0) is 22.2. The van der Waals surface area contributed by atoms with E-state index in [2.05, 4.69) is 41.3 Å². The van der Waals surface area contributed by atoms with E-state index in [0.29, 0.717) is 29.3 Å². The lowest BCUT2D eigenvalue weighted by molar-refractivity contribution is 0.100. The summed E-state index contributed by atoms with van der Waals surface area (Å²) >= 11 is 0. The van der Waals surface area contributed by atoms with E-state index in [1.807, 2.05) is 28.8 Å². The summed E-state index contributed by atoms with van der Waals surface area (Å²) in [5.41, 5.74) is 9.93. The molecule has 3 N–H and O–H groups in total. The fraction of sp³-hybridized carbons (Fsp3) is 0.250. The van der Waals surface area contributed by atoms with Crippen molar-refractivity contribution in [1.29, 1.82) is 0 Å². The Labute approximate surface area is 186 Å². The van der Waals surface area contributed by atoms with Crippen LogP contribution in [-0.4, -0.2) is 43.8 Å². The molecule has 1 aliphatic rings. The molecule has 4 heterocycles. The van der Waals surface area contributed by atoms with E-state index in [4.69, 9.17) is 15.7 Å². The fourth-order valence-corrected chi connectivity index (χ4v) is 4.21. The van der Waals surface area contributed by atoms with Crippen molar-refractivity contribution in [3.8, 4) is 11.6 Å². The summed E-state index contributed by atoms with van der Waals surface area (Å²) in [5.74, 6) is 1.43. The summed E-state index contributed by atoms with van der Waals surface area (Å²) < 4.78 is 1.82. The Bertz CT molecular complexity index is 1300. The maximum atomic E-state index is 11.8. The standard InChI is InChI=1S/C24H25N7O/c1-15-20-18(10-12-30(15)2)22(26-13-16-7-4-3-5-8-16)29-23(28-20)24-27-14-19-17(21(25)32)9-6-11-31(19)24/h3-9,11,14-15H,10,12-13H2,1-2H3,(H2,25,32)(H,26,28,29). The molecule has 3 aromatic heterocycles. The van der Waals surface area contributed by atoms with Crippen molar-refractivity contribution in [2.75, 3.05) is 18.9 Å². The molecule has 8 nitrogen and oxygen atoms in total. The Morgan fingerprint density at radius 3 is 2.78 bits per heavy atom. The van der Waals surface area contributed by atoms with Crippen molar-refractivity contribution in [2.24, 2.45) is 5.73 Å². The van der Waals surface area contributed by atoms with Crippen molar-refractivity contribution in [3.63, 3.8) is 0 Å². The zero-order valence-corrected chi connectivity index (χ0v) is 18.1. The molecule has 0 bridgehead atoms. The molecule has 0 saturated carbocycles. The van der Waals surface area contributed by atoms with E-state index < -0.39 is 5.91 Å². The van der Waals surface area contributed by atoms with Crippen molar-refractivity contribution in [1.82, 2.24) is 24.3 Å². The second-order valence-electron chi connectivity index (χ2n) is 8.13. The Hall–Kier alpha value is -3.78. The Balaban J connectivity index is 1.62. The highest BCUT2D eigenvalue weighted by Gasteiger charge is 2.27. The SMILES string of the molecule is CC1c2nc(-c3ncc4c(C(N)=O)cccn34)nc(NCc3ccccc3)c2CCN1C. The lowest BCUT2D eigenvalue weighted by atomic mass is 9.99. The van der Waals surface area contributed by atoms with Crippen molar-refractivity contribution in [2.45, 2.75) is 25.9 Å². The summed E-state index contributed by atoms with van der Waals surface area (Å²) in [6.45, 7) is 3.78. The number of anilines is 1. The van der Waals surface area contributed by atoms with E-state index in [0.717, 1.165) is 30.0 Å². The third-order valence-corrected chi connectivity index (χ3v) is 6.15. The number of carbonyl (C=O) groups excluding carboxylic acids is 1. The smallest absolute Gasteiger partial charge is 0.250 e. The molecule has 162 valence electrons. The molecule has 5 rings (SSSR count). The molecule has 0 spiro atoms. The molecule has 1 aliphatic heterocycles. The van der Waals surface area contributed by atoms with E-state index in [-0.39, 0.29) is 6.04 Å². The number of fused-ring (bicyclic) bond motifs is 2. The number of rotatable bonds is 5. The van der Waals surface area contributed by atoms with Crippen LogP contribution in [0, 0.1) is 0 Å². The number of carbonyl (C=O) groups is 1. The van der Waals surface area contributed by atoms with Gasteiger partial charge in [0.15, 0.2) is 11.6 Å². The topological polar surface area (TPSA) is 101 Å². The zero-order valence-electron chi connectivity index (χ0n) is 18.1. The largest absolute Gasteiger partial charge is 0.366 e. The van der Waals surface area contributed by atoms with Gasteiger partial charge in [-0.1, -0.05) is 30.3 Å². The highest BCUT2D eigenvalue weighted by atomic mass is 16.1. The molecule has 0 aliphatic carbocycles.